The lowest BCUT2D eigenvalue weighted by Crippen LogP contribution is -2.17. The lowest BCUT2D eigenvalue weighted by molar-refractivity contribution is -0.165. The van der Waals surface area contributed by atoms with E-state index in [1.54, 1.807) is 36.4 Å². The first kappa shape index (κ1) is 19.3. The predicted octanol–water partition coefficient (Wildman–Crippen LogP) is 3.77. The zero-order valence-electron chi connectivity index (χ0n) is 14.0. The summed E-state index contributed by atoms with van der Waals surface area (Å²) >= 11 is 0. The number of allylic oxidation sites excluding steroid dienone is 5. The van der Waals surface area contributed by atoms with Gasteiger partial charge in [0.25, 0.3) is 0 Å². The van der Waals surface area contributed by atoms with Crippen LogP contribution >= 0.6 is 0 Å². The highest BCUT2D eigenvalue weighted by atomic mass is 19.4. The summed E-state index contributed by atoms with van der Waals surface area (Å²) in [5, 5.41) is 2.66. The number of carbonyl (C=O) groups excluding carboxylic acids is 1. The molecule has 0 bridgehead atoms. The van der Waals surface area contributed by atoms with Crippen molar-refractivity contribution < 1.29 is 22.7 Å². The number of alkyl halides is 3. The summed E-state index contributed by atoms with van der Waals surface area (Å²) < 4.78 is 42.0. The van der Waals surface area contributed by atoms with E-state index in [4.69, 9.17) is 10.5 Å². The third kappa shape index (κ3) is 5.80. The molecule has 3 N–H and O–H groups in total. The van der Waals surface area contributed by atoms with Crippen LogP contribution in [0.25, 0.3) is 5.57 Å². The van der Waals surface area contributed by atoms with E-state index in [0.29, 0.717) is 17.7 Å². The summed E-state index contributed by atoms with van der Waals surface area (Å²) in [5.41, 5.74) is 7.97. The van der Waals surface area contributed by atoms with E-state index < -0.39 is 12.8 Å². The van der Waals surface area contributed by atoms with Gasteiger partial charge in [-0.05, 0) is 35.8 Å². The smallest absolute Gasteiger partial charge is 0.422 e. The quantitative estimate of drug-likeness (QED) is 0.474. The zero-order chi connectivity index (χ0) is 19.2. The van der Waals surface area contributed by atoms with Crippen molar-refractivity contribution in [3.05, 3.63) is 59.5 Å². The van der Waals surface area contributed by atoms with Gasteiger partial charge in [-0.2, -0.15) is 13.2 Å². The SMILES string of the molecule is CC(=O)Nc1ccc(C2=C/C(=C(/N=C\N)OCC(F)(F)F)CC=C2)cc1. The van der Waals surface area contributed by atoms with E-state index in [1.165, 1.54) is 6.92 Å². The Kier molecular flexibility index (Phi) is 6.21. The summed E-state index contributed by atoms with van der Waals surface area (Å²) in [6, 6.07) is 7.07. The largest absolute Gasteiger partial charge is 0.468 e. The van der Waals surface area contributed by atoms with Gasteiger partial charge in [0.2, 0.25) is 11.8 Å². The molecule has 0 unspecified atom stereocenters. The molecule has 1 amide bonds. The number of hydrogen-bond donors (Lipinski definition) is 2. The molecule has 0 aliphatic heterocycles. The van der Waals surface area contributed by atoms with Crippen molar-refractivity contribution in [2.24, 2.45) is 10.7 Å². The van der Waals surface area contributed by atoms with Crippen molar-refractivity contribution in [1.82, 2.24) is 0 Å². The minimum Gasteiger partial charge on any atom is -0.468 e. The lowest BCUT2D eigenvalue weighted by atomic mass is 9.96. The number of benzene rings is 1. The average Bonchev–Trinajstić information content (AvgIpc) is 2.58. The first-order valence-electron chi connectivity index (χ1n) is 7.72. The van der Waals surface area contributed by atoms with E-state index in [9.17, 15) is 18.0 Å². The van der Waals surface area contributed by atoms with Crippen molar-refractivity contribution >= 4 is 23.5 Å². The van der Waals surface area contributed by atoms with E-state index in [0.717, 1.165) is 17.5 Å². The molecule has 0 heterocycles. The number of amides is 1. The lowest BCUT2D eigenvalue weighted by Gasteiger charge is -2.15. The average molecular weight is 365 g/mol. The molecule has 1 aliphatic carbocycles. The monoisotopic (exact) mass is 365 g/mol. The standard InChI is InChI=1S/C18H18F3N3O2/c1-12(25)24-16-7-5-13(6-8-16)14-3-2-4-15(9-14)17(23-11-22)26-10-18(19,20)21/h2-3,5-9,11H,4,10H2,1H3,(H2,22,23)(H,24,25)/b17-15-. The normalized spacial score (nSPS) is 16.4. The Morgan fingerprint density at radius 2 is 2.04 bits per heavy atom. The number of carbonyl (C=O) groups is 1. The van der Waals surface area contributed by atoms with Gasteiger partial charge < -0.3 is 15.8 Å². The Balaban J connectivity index is 2.27. The highest BCUT2D eigenvalue weighted by Gasteiger charge is 2.29. The number of rotatable bonds is 5. The van der Waals surface area contributed by atoms with Crippen LogP contribution in [0.4, 0.5) is 18.9 Å². The van der Waals surface area contributed by atoms with E-state index in [1.807, 2.05) is 6.08 Å². The summed E-state index contributed by atoms with van der Waals surface area (Å²) in [6.07, 6.45) is 2.16. The molecule has 0 saturated heterocycles. The van der Waals surface area contributed by atoms with Crippen LogP contribution in [0.2, 0.25) is 0 Å². The number of nitrogens with zero attached hydrogens (tertiary/aromatic N) is 1. The highest BCUT2D eigenvalue weighted by Crippen LogP contribution is 2.28. The predicted molar refractivity (Wildman–Crippen MR) is 94.2 cm³/mol. The molecule has 5 nitrogen and oxygen atoms in total. The Bertz CT molecular complexity index is 776. The Hall–Kier alpha value is -3.03. The third-order valence-corrected chi connectivity index (χ3v) is 3.34. The Morgan fingerprint density at radius 1 is 1.35 bits per heavy atom. The van der Waals surface area contributed by atoms with E-state index in [2.05, 4.69) is 10.3 Å². The maximum Gasteiger partial charge on any atom is 0.422 e. The molecule has 1 aliphatic rings. The second-order valence-electron chi connectivity index (χ2n) is 5.48. The van der Waals surface area contributed by atoms with Crippen molar-refractivity contribution in [3.63, 3.8) is 0 Å². The Labute approximate surface area is 148 Å². The summed E-state index contributed by atoms with van der Waals surface area (Å²) in [7, 11) is 0. The molecule has 8 heteroatoms. The van der Waals surface area contributed by atoms with Gasteiger partial charge in [-0.1, -0.05) is 24.3 Å². The number of ether oxygens (including phenoxy) is 1. The molecule has 0 aromatic heterocycles. The van der Waals surface area contributed by atoms with Crippen LogP contribution in [0, 0.1) is 0 Å². The number of aliphatic imine (C=N–C) groups is 1. The minimum atomic E-state index is -4.47. The fourth-order valence-electron chi connectivity index (χ4n) is 2.32. The van der Waals surface area contributed by atoms with Crippen LogP contribution < -0.4 is 11.1 Å². The van der Waals surface area contributed by atoms with Gasteiger partial charge in [-0.25, -0.2) is 4.99 Å². The molecular weight excluding hydrogens is 347 g/mol. The Morgan fingerprint density at radius 3 is 2.62 bits per heavy atom. The first-order valence-corrected chi connectivity index (χ1v) is 7.72. The number of nitrogens with one attached hydrogen (secondary N) is 1. The number of nitrogens with two attached hydrogens (primary N) is 1. The molecule has 0 spiro atoms. The molecule has 26 heavy (non-hydrogen) atoms. The van der Waals surface area contributed by atoms with Crippen LogP contribution in [0.1, 0.15) is 18.9 Å². The maximum absolute atomic E-state index is 12.4. The second kappa shape index (κ2) is 8.37. The van der Waals surface area contributed by atoms with Crippen LogP contribution in [0.15, 0.2) is 58.9 Å². The molecule has 1 aromatic carbocycles. The van der Waals surface area contributed by atoms with Crippen LogP contribution in [0.5, 0.6) is 0 Å². The number of anilines is 1. The molecule has 1 aromatic rings. The van der Waals surface area contributed by atoms with E-state index in [-0.39, 0.29) is 11.8 Å². The number of hydrogen-bond acceptors (Lipinski definition) is 3. The van der Waals surface area contributed by atoms with Crippen LogP contribution in [-0.4, -0.2) is 25.0 Å². The van der Waals surface area contributed by atoms with Gasteiger partial charge in [0.15, 0.2) is 6.61 Å². The van der Waals surface area contributed by atoms with Crippen molar-refractivity contribution in [1.29, 1.82) is 0 Å². The zero-order valence-corrected chi connectivity index (χ0v) is 14.0. The molecule has 0 atom stereocenters. The van der Waals surface area contributed by atoms with Crippen molar-refractivity contribution in [2.75, 3.05) is 11.9 Å². The topological polar surface area (TPSA) is 76.7 Å². The summed E-state index contributed by atoms with van der Waals surface area (Å²) in [5.74, 6) is -0.340. The van der Waals surface area contributed by atoms with Gasteiger partial charge in [0.05, 0.1) is 6.34 Å². The first-order chi connectivity index (χ1) is 12.3. The second-order valence-corrected chi connectivity index (χ2v) is 5.48. The fourth-order valence-corrected chi connectivity index (χ4v) is 2.32. The molecule has 138 valence electrons. The van der Waals surface area contributed by atoms with Gasteiger partial charge in [-0.3, -0.25) is 4.79 Å². The highest BCUT2D eigenvalue weighted by molar-refractivity contribution is 5.89. The van der Waals surface area contributed by atoms with Crippen molar-refractivity contribution in [3.8, 4) is 0 Å². The molecular formula is C18H18F3N3O2. The minimum absolute atomic E-state index is 0.165. The van der Waals surface area contributed by atoms with Gasteiger partial charge in [0.1, 0.15) is 0 Å². The molecule has 2 rings (SSSR count). The van der Waals surface area contributed by atoms with Crippen LogP contribution in [-0.2, 0) is 9.53 Å². The van der Waals surface area contributed by atoms with Gasteiger partial charge >= 0.3 is 6.18 Å². The summed E-state index contributed by atoms with van der Waals surface area (Å²) in [6.45, 7) is -0.0285. The maximum atomic E-state index is 12.4. The van der Waals surface area contributed by atoms with Crippen molar-refractivity contribution in [2.45, 2.75) is 19.5 Å². The molecule has 0 fully saturated rings. The molecule has 0 radical (unpaired) electrons. The van der Waals surface area contributed by atoms with Gasteiger partial charge in [0, 0.05) is 18.2 Å². The fraction of sp³-hybridized carbons (Fsp3) is 0.222. The molecule has 0 saturated carbocycles. The van der Waals surface area contributed by atoms with Crippen LogP contribution in [0.3, 0.4) is 0 Å². The third-order valence-electron chi connectivity index (χ3n) is 3.34. The summed E-state index contributed by atoms with van der Waals surface area (Å²) in [4.78, 5) is 14.8. The number of halogens is 3. The van der Waals surface area contributed by atoms with Gasteiger partial charge in [-0.15, -0.1) is 0 Å². The van der Waals surface area contributed by atoms with E-state index >= 15 is 0 Å².